The van der Waals surface area contributed by atoms with Gasteiger partial charge in [-0.05, 0) is 17.7 Å². The first-order valence-corrected chi connectivity index (χ1v) is 11.6. The molecule has 1 aliphatic rings. The zero-order chi connectivity index (χ0) is 25.9. The Morgan fingerprint density at radius 2 is 2.00 bits per heavy atom. The second-order valence-corrected chi connectivity index (χ2v) is 8.91. The van der Waals surface area contributed by atoms with Crippen LogP contribution in [0.1, 0.15) is 11.3 Å². The van der Waals surface area contributed by atoms with Gasteiger partial charge < -0.3 is 20.6 Å². The van der Waals surface area contributed by atoms with Crippen molar-refractivity contribution in [3.05, 3.63) is 51.0 Å². The van der Waals surface area contributed by atoms with E-state index in [2.05, 4.69) is 20.3 Å². The van der Waals surface area contributed by atoms with E-state index in [0.29, 0.717) is 5.56 Å². The summed E-state index contributed by atoms with van der Waals surface area (Å²) in [6.07, 6.45) is 0. The van der Waals surface area contributed by atoms with Crippen molar-refractivity contribution >= 4 is 85.5 Å². The van der Waals surface area contributed by atoms with Crippen molar-refractivity contribution in [2.45, 2.75) is 18.7 Å². The van der Waals surface area contributed by atoms with Crippen molar-refractivity contribution in [3.8, 4) is 0 Å². The fourth-order valence-corrected chi connectivity index (χ4v) is 4.33. The predicted molar refractivity (Wildman–Crippen MR) is 124 cm³/mol. The molecular weight excluding hydrogens is 535 g/mol. The summed E-state index contributed by atoms with van der Waals surface area (Å²) in [4.78, 5) is 56.2. The molecule has 1 saturated heterocycles. The van der Waals surface area contributed by atoms with Crippen molar-refractivity contribution in [3.63, 3.8) is 0 Å². The zero-order valence-electron chi connectivity index (χ0n) is 17.6. The molecule has 2 atom stereocenters. The Kier molecular flexibility index (Phi) is 9.46. The van der Waals surface area contributed by atoms with Gasteiger partial charge in [0.2, 0.25) is 0 Å². The summed E-state index contributed by atoms with van der Waals surface area (Å²) >= 11 is 0.983. The number of non-ortho nitro benzene ring substituents is 1. The summed E-state index contributed by atoms with van der Waals surface area (Å²) in [5.74, 6) is -3.65. The number of hydrogen-bond acceptors (Lipinski definition) is 13. The monoisotopic (exact) mass is 552 g/mol. The number of amides is 2. The van der Waals surface area contributed by atoms with Gasteiger partial charge in [-0.15, -0.1) is 11.3 Å². The second-order valence-electron chi connectivity index (χ2n) is 6.73. The molecule has 1 aliphatic heterocycles. The van der Waals surface area contributed by atoms with E-state index >= 15 is 0 Å². The number of oxime groups is 1. The molecule has 188 valence electrons. The molecule has 1 aromatic carbocycles. The average molecular weight is 552 g/mol. The first kappa shape index (κ1) is 29.1. The number of nitro groups is 1. The van der Waals surface area contributed by atoms with E-state index in [1.807, 2.05) is 0 Å². The summed E-state index contributed by atoms with van der Waals surface area (Å²) in [6.45, 7) is -0.448. The molecule has 19 heteroatoms. The van der Waals surface area contributed by atoms with Crippen molar-refractivity contribution in [2.24, 2.45) is 5.16 Å². The van der Waals surface area contributed by atoms with Crippen LogP contribution in [-0.2, 0) is 40.9 Å². The van der Waals surface area contributed by atoms with Crippen LogP contribution in [0.5, 0.6) is 0 Å². The molecule has 2 amide bonds. The summed E-state index contributed by atoms with van der Waals surface area (Å²) in [7, 11) is -4.05. The van der Waals surface area contributed by atoms with E-state index in [9.17, 15) is 37.5 Å². The van der Waals surface area contributed by atoms with Gasteiger partial charge in [0.25, 0.3) is 17.5 Å². The summed E-state index contributed by atoms with van der Waals surface area (Å²) in [6, 6.07) is 1.22. The van der Waals surface area contributed by atoms with Crippen LogP contribution < -0.4 is 11.1 Å². The normalized spacial score (nSPS) is 17.4. The van der Waals surface area contributed by atoms with E-state index in [0.717, 1.165) is 30.6 Å². The number of benzene rings is 1. The number of carbonyl (C=O) groups excluding carboxylic acids is 3. The molecule has 0 radical (unpaired) electrons. The molecule has 0 bridgehead atoms. The Bertz CT molecular complexity index is 1310. The number of ether oxygens (including phenoxy) is 1. The number of β-lactam (4-membered cyclic amide) rings is 1. The van der Waals surface area contributed by atoms with Crippen LogP contribution in [0.3, 0.4) is 0 Å². The Morgan fingerprint density at radius 1 is 1.36 bits per heavy atom. The van der Waals surface area contributed by atoms with Crippen LogP contribution in [0.15, 0.2) is 34.8 Å². The number of hydrogen-bond donors (Lipinski definition) is 3. The van der Waals surface area contributed by atoms with Gasteiger partial charge >= 0.3 is 45.8 Å². The minimum atomic E-state index is -5.18. The Morgan fingerprint density at radius 3 is 2.50 bits per heavy atom. The van der Waals surface area contributed by atoms with Crippen LogP contribution in [0.4, 0.5) is 10.8 Å². The molecule has 0 spiro atoms. The quantitative estimate of drug-likeness (QED) is 0.0618. The third kappa shape index (κ3) is 6.33. The van der Waals surface area contributed by atoms with Crippen LogP contribution in [0.25, 0.3) is 0 Å². The van der Waals surface area contributed by atoms with Gasteiger partial charge in [-0.3, -0.25) is 24.3 Å². The van der Waals surface area contributed by atoms with Gasteiger partial charge in [-0.2, -0.15) is 12.7 Å². The van der Waals surface area contributed by atoms with Gasteiger partial charge in [0.1, 0.15) is 25.5 Å². The third-order valence-corrected chi connectivity index (χ3v) is 6.10. The standard InChI is InChI=1S/C17H16N6O10S2.Na.H/c1-32-21-11(10-7-34-17(18)19-10)14(24)20-12-13(22(15(12)25)35(29,30)31)16(26)33-6-8-2-4-9(5-3-8)23(27)28;;/h2-5,7,12-13H,6H2,1H3,(H2,18,19)(H,20,24)(H,29,30,31);;/b21-11-;;. The molecule has 1 fully saturated rings. The first-order valence-electron chi connectivity index (χ1n) is 9.28. The summed E-state index contributed by atoms with van der Waals surface area (Å²) < 4.78 is 37.4. The number of thiazole rings is 1. The van der Waals surface area contributed by atoms with Gasteiger partial charge in [0.15, 0.2) is 16.9 Å². The maximum atomic E-state index is 12.7. The van der Waals surface area contributed by atoms with Crippen molar-refractivity contribution in [1.29, 1.82) is 0 Å². The number of nitrogens with zero attached hydrogens (tertiary/aromatic N) is 4. The maximum absolute atomic E-state index is 12.7. The summed E-state index contributed by atoms with van der Waals surface area (Å²) in [5.41, 5.74) is 5.21. The molecule has 4 N–H and O–H groups in total. The number of nitrogens with one attached hydrogen (secondary N) is 1. The van der Waals surface area contributed by atoms with Crippen molar-refractivity contribution in [2.75, 3.05) is 12.8 Å². The molecule has 0 aliphatic carbocycles. The van der Waals surface area contributed by atoms with Crippen molar-refractivity contribution < 1.29 is 41.9 Å². The van der Waals surface area contributed by atoms with Crippen LogP contribution >= 0.6 is 11.3 Å². The van der Waals surface area contributed by atoms with Gasteiger partial charge in [-0.1, -0.05) is 5.16 Å². The number of nitrogens with two attached hydrogens (primary N) is 1. The zero-order valence-corrected chi connectivity index (χ0v) is 19.2. The molecule has 16 nitrogen and oxygen atoms in total. The van der Waals surface area contributed by atoms with E-state index in [1.165, 1.54) is 17.5 Å². The van der Waals surface area contributed by atoms with Crippen LogP contribution in [0.2, 0.25) is 0 Å². The number of aromatic nitrogens is 1. The Hall–Kier alpha value is -3.16. The van der Waals surface area contributed by atoms with E-state index < -0.39 is 57.4 Å². The Labute approximate surface area is 228 Å². The predicted octanol–water partition coefficient (Wildman–Crippen LogP) is -1.42. The fraction of sp³-hybridized carbons (Fsp3) is 0.235. The Balaban J connectivity index is 0.00000456. The number of carbonyl (C=O) groups is 3. The number of rotatable bonds is 9. The third-order valence-electron chi connectivity index (χ3n) is 4.52. The van der Waals surface area contributed by atoms with Gasteiger partial charge in [-0.25, -0.2) is 9.78 Å². The second kappa shape index (κ2) is 11.7. The first-order chi connectivity index (χ1) is 16.4. The van der Waals surface area contributed by atoms with Gasteiger partial charge in [0.05, 0.1) is 4.92 Å². The summed E-state index contributed by atoms with van der Waals surface area (Å²) in [5, 5.41) is 17.8. The molecule has 36 heavy (non-hydrogen) atoms. The molecule has 2 aromatic rings. The van der Waals surface area contributed by atoms with Crippen LogP contribution in [-0.4, -0.2) is 99.4 Å². The van der Waals surface area contributed by atoms with Crippen LogP contribution in [0, 0.1) is 10.1 Å². The molecule has 0 saturated carbocycles. The molecule has 2 unspecified atom stereocenters. The fourth-order valence-electron chi connectivity index (χ4n) is 2.95. The number of nitro benzene ring substituents is 1. The molecular formula is C17H17N6NaO10S2. The SMILES string of the molecule is CO/N=C(\C(=O)NC1C(=O)N(S(=O)(=O)O)C1C(=O)OCc1ccc([N+](=O)[O-])cc1)c1csc(N)n1.[NaH]. The average Bonchev–Trinajstić information content (AvgIpc) is 3.22. The van der Waals surface area contributed by atoms with Crippen molar-refractivity contribution in [1.82, 2.24) is 14.6 Å². The number of nitrogen functional groups attached to an aromatic ring is 1. The number of anilines is 1. The topological polar surface area (TPSA) is 234 Å². The van der Waals surface area contributed by atoms with E-state index in [-0.39, 0.29) is 50.4 Å². The van der Waals surface area contributed by atoms with E-state index in [4.69, 9.17) is 10.5 Å². The van der Waals surface area contributed by atoms with Gasteiger partial charge in [0, 0.05) is 17.5 Å². The van der Waals surface area contributed by atoms with E-state index in [1.54, 1.807) is 0 Å². The molecule has 3 rings (SSSR count). The molecule has 2 heterocycles. The molecule has 1 aromatic heterocycles. The number of esters is 1. The minimum absolute atomic E-state index is 0.